The van der Waals surface area contributed by atoms with E-state index in [2.05, 4.69) is 64.2 Å². The highest BCUT2D eigenvalue weighted by atomic mass is 14.9. The van der Waals surface area contributed by atoms with Crippen LogP contribution in [0.1, 0.15) is 58.6 Å². The summed E-state index contributed by atoms with van der Waals surface area (Å²) in [5.41, 5.74) is 3.04. The second-order valence-corrected chi connectivity index (χ2v) is 6.26. The summed E-state index contributed by atoms with van der Waals surface area (Å²) in [5.74, 6) is 0.818. The van der Waals surface area contributed by atoms with Crippen LogP contribution in [0.4, 0.5) is 0 Å². The summed E-state index contributed by atoms with van der Waals surface area (Å²) in [4.78, 5) is 0. The molecule has 1 aromatic rings. The predicted octanol–water partition coefficient (Wildman–Crippen LogP) is 4.51. The molecule has 1 nitrogen and oxygen atoms in total. The first-order valence-corrected chi connectivity index (χ1v) is 7.27. The van der Waals surface area contributed by atoms with Crippen LogP contribution in [-0.4, -0.2) is 6.54 Å². The molecule has 0 spiro atoms. The zero-order chi connectivity index (χ0) is 13.6. The van der Waals surface area contributed by atoms with Crippen LogP contribution in [0, 0.1) is 5.92 Å². The van der Waals surface area contributed by atoms with Crippen molar-refractivity contribution < 1.29 is 0 Å². The van der Waals surface area contributed by atoms with Gasteiger partial charge in [-0.25, -0.2) is 0 Å². The Morgan fingerprint density at radius 2 is 1.56 bits per heavy atom. The number of nitrogens with one attached hydrogen (secondary N) is 1. The van der Waals surface area contributed by atoms with Crippen LogP contribution in [-0.2, 0) is 12.0 Å². The predicted molar refractivity (Wildman–Crippen MR) is 80.9 cm³/mol. The third-order valence-corrected chi connectivity index (χ3v) is 3.74. The van der Waals surface area contributed by atoms with Gasteiger partial charge in [0.05, 0.1) is 0 Å². The van der Waals surface area contributed by atoms with Gasteiger partial charge in [0, 0.05) is 6.54 Å². The van der Waals surface area contributed by atoms with E-state index in [-0.39, 0.29) is 5.41 Å². The molecule has 1 heteroatoms. The Balaban J connectivity index is 2.45. The Labute approximate surface area is 113 Å². The first kappa shape index (κ1) is 15.2. The number of benzene rings is 1. The third-order valence-electron chi connectivity index (χ3n) is 3.74. The summed E-state index contributed by atoms with van der Waals surface area (Å²) in [6.45, 7) is 13.4. The van der Waals surface area contributed by atoms with Crippen LogP contribution >= 0.6 is 0 Å². The Kier molecular flexibility index (Phi) is 5.87. The van der Waals surface area contributed by atoms with Crippen molar-refractivity contribution in [3.8, 4) is 0 Å². The van der Waals surface area contributed by atoms with E-state index in [0.717, 1.165) is 19.0 Å². The molecule has 0 heterocycles. The van der Waals surface area contributed by atoms with Crippen molar-refractivity contribution in [2.75, 3.05) is 6.54 Å². The molecule has 0 unspecified atom stereocenters. The van der Waals surface area contributed by atoms with Gasteiger partial charge in [-0.1, -0.05) is 71.7 Å². The topological polar surface area (TPSA) is 12.0 Å². The molecule has 1 rings (SSSR count). The lowest BCUT2D eigenvalue weighted by atomic mass is 9.87. The van der Waals surface area contributed by atoms with E-state index in [0.29, 0.717) is 0 Å². The third kappa shape index (κ3) is 4.81. The summed E-state index contributed by atoms with van der Waals surface area (Å²) in [6.07, 6.45) is 2.54. The maximum absolute atomic E-state index is 3.56. The first-order valence-electron chi connectivity index (χ1n) is 7.27. The van der Waals surface area contributed by atoms with Crippen molar-refractivity contribution >= 4 is 0 Å². The largest absolute Gasteiger partial charge is 0.312 e. The highest BCUT2D eigenvalue weighted by Gasteiger charge is 2.12. The van der Waals surface area contributed by atoms with Crippen LogP contribution in [0.5, 0.6) is 0 Å². The molecule has 0 aliphatic rings. The van der Waals surface area contributed by atoms with E-state index in [9.17, 15) is 0 Å². The van der Waals surface area contributed by atoms with E-state index < -0.39 is 0 Å². The minimum Gasteiger partial charge on any atom is -0.312 e. The fourth-order valence-corrected chi connectivity index (χ4v) is 2.12. The highest BCUT2D eigenvalue weighted by molar-refractivity contribution is 5.27. The maximum Gasteiger partial charge on any atom is 0.0205 e. The molecule has 1 N–H and O–H groups in total. The Morgan fingerprint density at radius 3 is 2.00 bits per heavy atom. The van der Waals surface area contributed by atoms with Gasteiger partial charge in [-0.3, -0.25) is 0 Å². The monoisotopic (exact) mass is 247 g/mol. The summed E-state index contributed by atoms with van der Waals surface area (Å²) in [6, 6.07) is 9.02. The average Bonchev–Trinajstić information content (AvgIpc) is 2.34. The zero-order valence-corrected chi connectivity index (χ0v) is 12.7. The summed E-state index contributed by atoms with van der Waals surface area (Å²) in [5, 5.41) is 3.56. The SMILES string of the molecule is CCC(CC)CNCc1ccc(C(C)(C)C)cc1. The van der Waals surface area contributed by atoms with Crippen molar-refractivity contribution in [1.29, 1.82) is 0 Å². The van der Waals surface area contributed by atoms with Gasteiger partial charge in [0.1, 0.15) is 0 Å². The quantitative estimate of drug-likeness (QED) is 0.780. The van der Waals surface area contributed by atoms with Crippen molar-refractivity contribution in [3.63, 3.8) is 0 Å². The first-order chi connectivity index (χ1) is 8.47. The van der Waals surface area contributed by atoms with Gasteiger partial charge in [-0.05, 0) is 29.0 Å². The van der Waals surface area contributed by atoms with Crippen LogP contribution < -0.4 is 5.32 Å². The molecule has 18 heavy (non-hydrogen) atoms. The minimum absolute atomic E-state index is 0.251. The van der Waals surface area contributed by atoms with Crippen molar-refractivity contribution in [2.24, 2.45) is 5.92 Å². The maximum atomic E-state index is 3.56. The molecule has 0 aliphatic carbocycles. The smallest absolute Gasteiger partial charge is 0.0205 e. The van der Waals surface area contributed by atoms with Gasteiger partial charge in [0.15, 0.2) is 0 Å². The molecule has 0 aliphatic heterocycles. The standard InChI is InChI=1S/C17H29N/c1-6-14(7-2)12-18-13-15-8-10-16(11-9-15)17(3,4)5/h8-11,14,18H,6-7,12-13H2,1-5H3. The fraction of sp³-hybridized carbons (Fsp3) is 0.647. The molecule has 102 valence electrons. The van der Waals surface area contributed by atoms with E-state index in [1.807, 2.05) is 0 Å². The molecule has 0 saturated carbocycles. The lowest BCUT2D eigenvalue weighted by Crippen LogP contribution is -2.21. The number of hydrogen-bond acceptors (Lipinski definition) is 1. The second-order valence-electron chi connectivity index (χ2n) is 6.26. The van der Waals surface area contributed by atoms with E-state index >= 15 is 0 Å². The van der Waals surface area contributed by atoms with Gasteiger partial charge in [0.2, 0.25) is 0 Å². The Morgan fingerprint density at radius 1 is 1.00 bits per heavy atom. The zero-order valence-electron chi connectivity index (χ0n) is 12.7. The lowest BCUT2D eigenvalue weighted by molar-refractivity contribution is 0.449. The second kappa shape index (κ2) is 6.94. The Hall–Kier alpha value is -0.820. The number of hydrogen-bond donors (Lipinski definition) is 1. The molecular weight excluding hydrogens is 218 g/mol. The van der Waals surface area contributed by atoms with Crippen molar-refractivity contribution in [2.45, 2.75) is 59.4 Å². The average molecular weight is 247 g/mol. The summed E-state index contributed by atoms with van der Waals surface area (Å²) >= 11 is 0. The molecule has 0 radical (unpaired) electrons. The van der Waals surface area contributed by atoms with E-state index in [1.54, 1.807) is 0 Å². The van der Waals surface area contributed by atoms with Gasteiger partial charge in [0.25, 0.3) is 0 Å². The lowest BCUT2D eigenvalue weighted by Gasteiger charge is -2.19. The van der Waals surface area contributed by atoms with Crippen molar-refractivity contribution in [3.05, 3.63) is 35.4 Å². The molecule has 0 fully saturated rings. The number of rotatable bonds is 6. The molecule has 0 atom stereocenters. The van der Waals surface area contributed by atoms with Gasteiger partial charge in [-0.2, -0.15) is 0 Å². The normalized spacial score (nSPS) is 12.1. The molecule has 0 bridgehead atoms. The van der Waals surface area contributed by atoms with Gasteiger partial charge in [-0.15, -0.1) is 0 Å². The molecular formula is C17H29N. The molecule has 0 aromatic heterocycles. The van der Waals surface area contributed by atoms with Gasteiger partial charge < -0.3 is 5.32 Å². The highest BCUT2D eigenvalue weighted by Crippen LogP contribution is 2.22. The summed E-state index contributed by atoms with van der Waals surface area (Å²) in [7, 11) is 0. The van der Waals surface area contributed by atoms with Gasteiger partial charge >= 0.3 is 0 Å². The summed E-state index contributed by atoms with van der Waals surface area (Å²) < 4.78 is 0. The molecule has 0 saturated heterocycles. The fourth-order valence-electron chi connectivity index (χ4n) is 2.12. The Bertz CT molecular complexity index is 328. The van der Waals surface area contributed by atoms with Crippen LogP contribution in [0.25, 0.3) is 0 Å². The van der Waals surface area contributed by atoms with Crippen LogP contribution in [0.3, 0.4) is 0 Å². The van der Waals surface area contributed by atoms with Crippen LogP contribution in [0.15, 0.2) is 24.3 Å². The van der Waals surface area contributed by atoms with E-state index in [1.165, 1.54) is 24.0 Å². The van der Waals surface area contributed by atoms with Crippen molar-refractivity contribution in [1.82, 2.24) is 5.32 Å². The van der Waals surface area contributed by atoms with Crippen LogP contribution in [0.2, 0.25) is 0 Å². The minimum atomic E-state index is 0.251. The van der Waals surface area contributed by atoms with E-state index in [4.69, 9.17) is 0 Å². The molecule has 0 amide bonds. The molecule has 1 aromatic carbocycles.